The lowest BCUT2D eigenvalue weighted by Crippen LogP contribution is -2.69. The van der Waals surface area contributed by atoms with Gasteiger partial charge >= 0.3 is 11.8 Å². The normalized spacial score (nSPS) is 25.2. The van der Waals surface area contributed by atoms with E-state index in [9.17, 15) is 18.8 Å². The topological polar surface area (TPSA) is 164 Å². The molecule has 1 aliphatic carbocycles. The van der Waals surface area contributed by atoms with Crippen LogP contribution in [0.15, 0.2) is 67.0 Å². The molecule has 62 heavy (non-hydrogen) atoms. The van der Waals surface area contributed by atoms with Crippen LogP contribution < -0.4 is 30.3 Å². The standard InChI is InChI=1S/C44H43F3N10O5/c1-61-34-3-2-4-35(38(34)45)62-30-8-5-23(6-9-30)39-37-40(48)49-22-50-41(37)57(52-39)27-13-24-16-53(17-25(24)14-27)28-20-55(21-28)29-18-54(19-29)26-7-10-32-31(15-26)44(46,47)43(60)56(32)33-11-12-36(58)51-42(33)59/h2-10,15,22,24-25,27-29,33H,11-14,16-21H2,1H3,(H2,48,49,50)(H,51,58,59). The molecule has 3 amide bonds. The quantitative estimate of drug-likeness (QED) is 0.197. The van der Waals surface area contributed by atoms with Crippen molar-refractivity contribution >= 4 is 45.9 Å². The predicted molar refractivity (Wildman–Crippen MR) is 220 cm³/mol. The molecular formula is C44H43F3N10O5. The van der Waals surface area contributed by atoms with Crippen molar-refractivity contribution in [3.8, 4) is 28.5 Å². The molecule has 0 bridgehead atoms. The first-order chi connectivity index (χ1) is 29.9. The summed E-state index contributed by atoms with van der Waals surface area (Å²) >= 11 is 0. The van der Waals surface area contributed by atoms with Gasteiger partial charge in [-0.2, -0.15) is 18.3 Å². The Morgan fingerprint density at radius 3 is 2.29 bits per heavy atom. The zero-order valence-electron chi connectivity index (χ0n) is 33.7. The Hall–Kier alpha value is -6.27. The van der Waals surface area contributed by atoms with Crippen LogP contribution in [0.4, 0.5) is 30.4 Å². The first-order valence-electron chi connectivity index (χ1n) is 21.0. The molecule has 3 aromatic carbocycles. The summed E-state index contributed by atoms with van der Waals surface area (Å²) in [6.45, 7) is 5.36. The number of nitrogen functional groups attached to an aromatic ring is 1. The van der Waals surface area contributed by atoms with Gasteiger partial charge in [0.2, 0.25) is 17.6 Å². The van der Waals surface area contributed by atoms with Crippen LogP contribution in [0.1, 0.15) is 37.3 Å². The molecule has 3 unspecified atom stereocenters. The largest absolute Gasteiger partial charge is 0.494 e. The van der Waals surface area contributed by atoms with Crippen LogP contribution in [0.5, 0.6) is 17.2 Å². The lowest BCUT2D eigenvalue weighted by Gasteiger charge is -2.54. The Bertz CT molecular complexity index is 2640. The van der Waals surface area contributed by atoms with Crippen molar-refractivity contribution in [1.82, 2.24) is 34.9 Å². The second kappa shape index (κ2) is 14.4. The molecule has 3 N–H and O–H groups in total. The molecule has 11 rings (SSSR count). The van der Waals surface area contributed by atoms with E-state index in [1.54, 1.807) is 30.3 Å². The Morgan fingerprint density at radius 1 is 0.855 bits per heavy atom. The van der Waals surface area contributed by atoms with E-state index in [1.807, 2.05) is 21.7 Å². The highest BCUT2D eigenvalue weighted by molar-refractivity contribution is 6.12. The van der Waals surface area contributed by atoms with Gasteiger partial charge in [-0.1, -0.05) is 6.07 Å². The fourth-order valence-electron chi connectivity index (χ4n) is 10.5. The second-order valence-corrected chi connectivity index (χ2v) is 17.3. The summed E-state index contributed by atoms with van der Waals surface area (Å²) in [5.41, 5.74) is 8.87. The van der Waals surface area contributed by atoms with Crippen LogP contribution in [-0.4, -0.2) is 112 Å². The molecule has 15 nitrogen and oxygen atoms in total. The molecular weight excluding hydrogens is 806 g/mol. The number of nitrogens with zero attached hydrogens (tertiary/aromatic N) is 8. The van der Waals surface area contributed by atoms with Gasteiger partial charge in [0, 0.05) is 69.0 Å². The minimum Gasteiger partial charge on any atom is -0.494 e. The second-order valence-electron chi connectivity index (χ2n) is 17.3. The third-order valence-corrected chi connectivity index (χ3v) is 13.9. The summed E-state index contributed by atoms with van der Waals surface area (Å²) < 4.78 is 58.4. The minimum atomic E-state index is -3.76. The molecule has 7 heterocycles. The van der Waals surface area contributed by atoms with Crippen LogP contribution >= 0.6 is 0 Å². The van der Waals surface area contributed by atoms with Crippen molar-refractivity contribution in [2.24, 2.45) is 11.8 Å². The summed E-state index contributed by atoms with van der Waals surface area (Å²) in [7, 11) is 1.41. The summed E-state index contributed by atoms with van der Waals surface area (Å²) in [4.78, 5) is 54.0. The third-order valence-electron chi connectivity index (χ3n) is 13.9. The maximum absolute atomic E-state index is 15.3. The summed E-state index contributed by atoms with van der Waals surface area (Å²) in [6.07, 6.45) is 3.42. The highest BCUT2D eigenvalue weighted by atomic mass is 19.3. The van der Waals surface area contributed by atoms with E-state index in [0.717, 1.165) is 49.5 Å². The van der Waals surface area contributed by atoms with Crippen LogP contribution in [0.2, 0.25) is 0 Å². The number of imide groups is 1. The number of carbonyl (C=O) groups is 3. The van der Waals surface area contributed by atoms with E-state index >= 15 is 8.78 Å². The Kier molecular flexibility index (Phi) is 8.98. The van der Waals surface area contributed by atoms with E-state index in [1.165, 1.54) is 31.6 Å². The number of hydrogen-bond donors (Lipinski definition) is 2. The molecule has 4 saturated heterocycles. The molecule has 18 heteroatoms. The molecule has 5 fully saturated rings. The Balaban J connectivity index is 0.702. The number of anilines is 3. The third kappa shape index (κ3) is 6.16. The van der Waals surface area contributed by atoms with Crippen molar-refractivity contribution < 1.29 is 37.0 Å². The van der Waals surface area contributed by atoms with E-state index in [-0.39, 0.29) is 36.1 Å². The number of aromatic nitrogens is 4. The summed E-state index contributed by atoms with van der Waals surface area (Å²) in [5.74, 6) is -4.96. The van der Waals surface area contributed by atoms with Crippen molar-refractivity contribution in [3.63, 3.8) is 0 Å². The van der Waals surface area contributed by atoms with Crippen molar-refractivity contribution in [2.45, 2.75) is 55.8 Å². The van der Waals surface area contributed by atoms with Crippen LogP contribution in [-0.2, 0) is 20.3 Å². The molecule has 3 atom stereocenters. The molecule has 6 aliphatic rings. The zero-order valence-corrected chi connectivity index (χ0v) is 33.7. The number of nitrogens with one attached hydrogen (secondary N) is 1. The number of piperidine rings is 1. The number of rotatable bonds is 9. The van der Waals surface area contributed by atoms with Gasteiger partial charge < -0.3 is 20.1 Å². The zero-order chi connectivity index (χ0) is 42.6. The van der Waals surface area contributed by atoms with Gasteiger partial charge in [-0.05, 0) is 85.7 Å². The molecule has 2 aromatic heterocycles. The molecule has 1 saturated carbocycles. The number of carbonyl (C=O) groups excluding carboxylic acids is 3. The van der Waals surface area contributed by atoms with Crippen LogP contribution in [0.3, 0.4) is 0 Å². The average molecular weight is 849 g/mol. The average Bonchev–Trinajstić information content (AvgIpc) is 3.96. The van der Waals surface area contributed by atoms with Crippen LogP contribution in [0, 0.1) is 17.7 Å². The van der Waals surface area contributed by atoms with Gasteiger partial charge in [-0.15, -0.1) is 0 Å². The molecule has 5 aliphatic heterocycles. The predicted octanol–water partition coefficient (Wildman–Crippen LogP) is 4.72. The van der Waals surface area contributed by atoms with E-state index in [4.69, 9.17) is 20.3 Å². The summed E-state index contributed by atoms with van der Waals surface area (Å²) in [5, 5.41) is 7.97. The maximum Gasteiger partial charge on any atom is 0.352 e. The fourth-order valence-corrected chi connectivity index (χ4v) is 10.5. The fraction of sp³-hybridized carbons (Fsp3) is 0.409. The smallest absolute Gasteiger partial charge is 0.352 e. The number of amides is 3. The Morgan fingerprint density at radius 2 is 1.56 bits per heavy atom. The lowest BCUT2D eigenvalue weighted by atomic mass is 9.97. The highest BCUT2D eigenvalue weighted by Crippen LogP contribution is 2.49. The molecule has 5 aromatic rings. The molecule has 0 radical (unpaired) electrons. The molecule has 0 spiro atoms. The lowest BCUT2D eigenvalue weighted by molar-refractivity contribution is -0.144. The number of hydrogen-bond acceptors (Lipinski definition) is 12. The number of likely N-dealkylation sites (tertiary alicyclic amines) is 2. The number of fused-ring (bicyclic) bond motifs is 3. The van der Waals surface area contributed by atoms with E-state index in [0.29, 0.717) is 71.0 Å². The van der Waals surface area contributed by atoms with Gasteiger partial charge in [0.15, 0.2) is 17.1 Å². The maximum atomic E-state index is 15.3. The number of benzene rings is 3. The number of alkyl halides is 2. The van der Waals surface area contributed by atoms with E-state index < -0.39 is 41.1 Å². The SMILES string of the molecule is COc1cccc(Oc2ccc(-c3nn(C4CC5CN(C6CN(C7CN(c8ccc9c(c8)C(F)(F)C(=O)N9C8CCC(=O)NC8=O)C7)C6)CC5C4)c4ncnc(N)c34)cc2)c1F. The number of methoxy groups -OCH3 is 1. The van der Waals surface area contributed by atoms with Gasteiger partial charge in [0.05, 0.1) is 29.8 Å². The number of halogens is 3. The van der Waals surface area contributed by atoms with Crippen molar-refractivity contribution in [3.05, 3.63) is 78.4 Å². The number of ether oxygens (including phenoxy) is 2. The van der Waals surface area contributed by atoms with Gasteiger partial charge in [-0.25, -0.2) is 14.6 Å². The monoisotopic (exact) mass is 848 g/mol. The first-order valence-corrected chi connectivity index (χ1v) is 21.0. The molecule has 320 valence electrons. The highest BCUT2D eigenvalue weighted by Gasteiger charge is 2.57. The van der Waals surface area contributed by atoms with Gasteiger partial charge in [-0.3, -0.25) is 34.4 Å². The summed E-state index contributed by atoms with van der Waals surface area (Å²) in [6, 6.07) is 16.4. The van der Waals surface area contributed by atoms with Crippen molar-refractivity contribution in [1.29, 1.82) is 0 Å². The van der Waals surface area contributed by atoms with Crippen molar-refractivity contribution in [2.75, 3.05) is 61.9 Å². The Labute approximate surface area is 353 Å². The number of nitrogens with two attached hydrogens (primary N) is 1. The van der Waals surface area contributed by atoms with Gasteiger partial charge in [0.25, 0.3) is 0 Å². The minimum absolute atomic E-state index is 0.000515. The van der Waals surface area contributed by atoms with Crippen LogP contribution in [0.25, 0.3) is 22.3 Å². The van der Waals surface area contributed by atoms with Gasteiger partial charge in [0.1, 0.15) is 29.6 Å². The first kappa shape index (κ1) is 38.6. The van der Waals surface area contributed by atoms with E-state index in [2.05, 4.69) is 25.1 Å².